The van der Waals surface area contributed by atoms with Gasteiger partial charge in [0.2, 0.25) is 0 Å². The van der Waals surface area contributed by atoms with Gasteiger partial charge in [-0.1, -0.05) is 6.07 Å². The van der Waals surface area contributed by atoms with Crippen LogP contribution in [0, 0.1) is 18.3 Å². The first-order valence-corrected chi connectivity index (χ1v) is 4.18. The summed E-state index contributed by atoms with van der Waals surface area (Å²) in [5, 5.41) is 8.27. The maximum atomic E-state index is 12.4. The van der Waals surface area contributed by atoms with Gasteiger partial charge in [-0.05, 0) is 36.3 Å². The van der Waals surface area contributed by atoms with Gasteiger partial charge in [0.15, 0.2) is 0 Å². The van der Waals surface area contributed by atoms with Gasteiger partial charge in [0.25, 0.3) is 0 Å². The van der Waals surface area contributed by atoms with Crippen molar-refractivity contribution in [3.63, 3.8) is 0 Å². The first-order chi connectivity index (χ1) is 6.93. The van der Waals surface area contributed by atoms with E-state index in [0.29, 0.717) is 11.1 Å². The fraction of sp³-hybridized carbons (Fsp3) is 0.182. The molecule has 0 aromatic heterocycles. The Morgan fingerprint density at radius 1 is 1.27 bits per heavy atom. The molecule has 0 spiro atoms. The highest BCUT2D eigenvalue weighted by Crippen LogP contribution is 2.30. The van der Waals surface area contributed by atoms with Crippen LogP contribution in [0.2, 0.25) is 0 Å². The molecule has 78 valence electrons. The molecule has 0 aliphatic heterocycles. The van der Waals surface area contributed by atoms with E-state index in [-0.39, 0.29) is 0 Å². The lowest BCUT2D eigenvalue weighted by Crippen LogP contribution is -2.05. The minimum atomic E-state index is -4.35. The molecular formula is C11H8F3N. The van der Waals surface area contributed by atoms with Crippen LogP contribution >= 0.6 is 0 Å². The Labute approximate surface area is 85.5 Å². The molecule has 0 fully saturated rings. The molecule has 0 amide bonds. The number of nitrogens with zero attached hydrogens (tertiary/aromatic N) is 1. The number of alkyl halides is 3. The predicted octanol–water partition coefficient (Wildman–Crippen LogP) is 3.55. The van der Waals surface area contributed by atoms with Crippen LogP contribution in [-0.2, 0) is 6.18 Å². The molecule has 0 atom stereocenters. The Morgan fingerprint density at radius 2 is 1.93 bits per heavy atom. The van der Waals surface area contributed by atoms with Gasteiger partial charge in [0.05, 0.1) is 11.6 Å². The van der Waals surface area contributed by atoms with Crippen LogP contribution in [-0.4, -0.2) is 0 Å². The summed E-state index contributed by atoms with van der Waals surface area (Å²) >= 11 is 0. The van der Waals surface area contributed by atoms with Crippen LogP contribution in [0.4, 0.5) is 13.2 Å². The lowest BCUT2D eigenvalue weighted by molar-refractivity contribution is -0.137. The molecule has 0 aliphatic carbocycles. The minimum Gasteiger partial charge on any atom is -0.193 e. The number of hydrogen-bond acceptors (Lipinski definition) is 1. The molecule has 0 heterocycles. The van der Waals surface area contributed by atoms with Crippen LogP contribution in [0.15, 0.2) is 24.3 Å². The molecule has 15 heavy (non-hydrogen) atoms. The quantitative estimate of drug-likeness (QED) is 0.651. The molecule has 0 aliphatic rings. The van der Waals surface area contributed by atoms with E-state index in [1.165, 1.54) is 6.08 Å². The molecular weight excluding hydrogens is 203 g/mol. The van der Waals surface area contributed by atoms with E-state index in [1.54, 1.807) is 19.1 Å². The van der Waals surface area contributed by atoms with Gasteiger partial charge in [-0.3, -0.25) is 0 Å². The summed E-state index contributed by atoms with van der Waals surface area (Å²) < 4.78 is 37.1. The molecule has 1 nitrogen and oxygen atoms in total. The van der Waals surface area contributed by atoms with E-state index in [0.717, 1.165) is 18.2 Å². The van der Waals surface area contributed by atoms with E-state index in [1.807, 2.05) is 0 Å². The highest BCUT2D eigenvalue weighted by molar-refractivity contribution is 5.54. The maximum absolute atomic E-state index is 12.4. The van der Waals surface area contributed by atoms with Crippen molar-refractivity contribution in [3.05, 3.63) is 41.0 Å². The topological polar surface area (TPSA) is 23.8 Å². The summed E-state index contributed by atoms with van der Waals surface area (Å²) in [6.45, 7) is 1.58. The average molecular weight is 211 g/mol. The third-order valence-electron chi connectivity index (χ3n) is 1.78. The van der Waals surface area contributed by atoms with Crippen molar-refractivity contribution in [2.45, 2.75) is 13.1 Å². The maximum Gasteiger partial charge on any atom is 0.416 e. The van der Waals surface area contributed by atoms with Crippen molar-refractivity contribution < 1.29 is 13.2 Å². The largest absolute Gasteiger partial charge is 0.416 e. The third-order valence-corrected chi connectivity index (χ3v) is 1.78. The summed E-state index contributed by atoms with van der Waals surface area (Å²) in [6, 6.07) is 5.41. The van der Waals surface area contributed by atoms with Crippen LogP contribution in [0.1, 0.15) is 16.7 Å². The summed E-state index contributed by atoms with van der Waals surface area (Å²) in [5.41, 5.74) is 0.200. The van der Waals surface area contributed by atoms with Crippen LogP contribution in [0.25, 0.3) is 6.08 Å². The molecule has 0 N–H and O–H groups in total. The van der Waals surface area contributed by atoms with E-state index in [2.05, 4.69) is 0 Å². The van der Waals surface area contributed by atoms with E-state index in [9.17, 15) is 13.2 Å². The Hall–Kier alpha value is -1.76. The molecule has 0 radical (unpaired) electrons. The van der Waals surface area contributed by atoms with Crippen molar-refractivity contribution >= 4 is 6.08 Å². The Kier molecular flexibility index (Phi) is 3.15. The molecule has 1 aromatic carbocycles. The zero-order valence-corrected chi connectivity index (χ0v) is 7.97. The van der Waals surface area contributed by atoms with E-state index < -0.39 is 11.7 Å². The average Bonchev–Trinajstić information content (AvgIpc) is 2.12. The van der Waals surface area contributed by atoms with Gasteiger partial charge in [0.1, 0.15) is 0 Å². The van der Waals surface area contributed by atoms with Gasteiger partial charge in [-0.2, -0.15) is 18.4 Å². The van der Waals surface area contributed by atoms with Crippen LogP contribution in [0.5, 0.6) is 0 Å². The second-order valence-electron chi connectivity index (χ2n) is 3.09. The Morgan fingerprint density at radius 3 is 2.47 bits per heavy atom. The number of halogens is 3. The first-order valence-electron chi connectivity index (χ1n) is 4.18. The fourth-order valence-electron chi connectivity index (χ4n) is 1.21. The monoisotopic (exact) mass is 211 g/mol. The number of nitriles is 1. The molecule has 1 aromatic rings. The standard InChI is InChI=1S/C11H8F3N/c1-8-5-9(3-2-4-15)7-10(6-8)11(12,13)14/h2-3,5-7H,1H3. The Balaban J connectivity index is 3.18. The summed E-state index contributed by atoms with van der Waals surface area (Å²) in [6.07, 6.45) is -1.85. The van der Waals surface area contributed by atoms with Gasteiger partial charge in [0, 0.05) is 6.08 Å². The molecule has 4 heteroatoms. The number of hydrogen-bond donors (Lipinski definition) is 0. The number of benzene rings is 1. The number of rotatable bonds is 1. The SMILES string of the molecule is Cc1cc(C=CC#N)cc(C(F)(F)F)c1. The van der Waals surface area contributed by atoms with E-state index in [4.69, 9.17) is 5.26 Å². The molecule has 0 saturated heterocycles. The van der Waals surface area contributed by atoms with Crippen molar-refractivity contribution in [2.75, 3.05) is 0 Å². The second kappa shape index (κ2) is 4.18. The number of allylic oxidation sites excluding steroid dienone is 1. The lowest BCUT2D eigenvalue weighted by Gasteiger charge is -2.08. The second-order valence-corrected chi connectivity index (χ2v) is 3.09. The van der Waals surface area contributed by atoms with Gasteiger partial charge >= 0.3 is 6.18 Å². The third kappa shape index (κ3) is 3.13. The summed E-state index contributed by atoms with van der Waals surface area (Å²) in [7, 11) is 0. The van der Waals surface area contributed by atoms with Crippen molar-refractivity contribution in [1.29, 1.82) is 5.26 Å². The zero-order valence-electron chi connectivity index (χ0n) is 7.97. The lowest BCUT2D eigenvalue weighted by atomic mass is 10.1. The molecule has 0 bridgehead atoms. The van der Waals surface area contributed by atoms with Gasteiger partial charge in [-0.25, -0.2) is 0 Å². The highest BCUT2D eigenvalue weighted by atomic mass is 19.4. The van der Waals surface area contributed by atoms with Crippen molar-refractivity contribution in [3.8, 4) is 6.07 Å². The summed E-state index contributed by atoms with van der Waals surface area (Å²) in [5.74, 6) is 0. The van der Waals surface area contributed by atoms with E-state index >= 15 is 0 Å². The Bertz CT molecular complexity index is 424. The fourth-order valence-corrected chi connectivity index (χ4v) is 1.21. The smallest absolute Gasteiger partial charge is 0.193 e. The van der Waals surface area contributed by atoms with Gasteiger partial charge in [-0.15, -0.1) is 0 Å². The number of aryl methyl sites for hydroxylation is 1. The van der Waals surface area contributed by atoms with Crippen molar-refractivity contribution in [1.82, 2.24) is 0 Å². The molecule has 0 saturated carbocycles. The summed E-state index contributed by atoms with van der Waals surface area (Å²) in [4.78, 5) is 0. The van der Waals surface area contributed by atoms with Crippen LogP contribution in [0.3, 0.4) is 0 Å². The molecule has 1 rings (SSSR count). The first kappa shape index (κ1) is 11.3. The van der Waals surface area contributed by atoms with Gasteiger partial charge < -0.3 is 0 Å². The van der Waals surface area contributed by atoms with Crippen LogP contribution < -0.4 is 0 Å². The van der Waals surface area contributed by atoms with Crippen molar-refractivity contribution in [2.24, 2.45) is 0 Å². The predicted molar refractivity (Wildman–Crippen MR) is 50.8 cm³/mol. The molecule has 0 unspecified atom stereocenters. The highest BCUT2D eigenvalue weighted by Gasteiger charge is 2.30. The normalized spacial score (nSPS) is 11.7. The zero-order chi connectivity index (χ0) is 11.5. The minimum absolute atomic E-state index is 0.379.